The molecule has 1 aromatic rings. The van der Waals surface area contributed by atoms with Crippen molar-refractivity contribution in [1.82, 2.24) is 5.32 Å². The second kappa shape index (κ2) is 6.37. The summed E-state index contributed by atoms with van der Waals surface area (Å²) in [4.78, 5) is 12.2. The summed E-state index contributed by atoms with van der Waals surface area (Å²) >= 11 is 0. The van der Waals surface area contributed by atoms with Gasteiger partial charge < -0.3 is 15.4 Å². The summed E-state index contributed by atoms with van der Waals surface area (Å²) in [7, 11) is 0. The Labute approximate surface area is 119 Å². The van der Waals surface area contributed by atoms with Crippen LogP contribution in [0.1, 0.15) is 31.2 Å². The number of amides is 1. The van der Waals surface area contributed by atoms with Gasteiger partial charge in [0.1, 0.15) is 0 Å². The Morgan fingerprint density at radius 1 is 1.20 bits per heavy atom. The fourth-order valence-electron chi connectivity index (χ4n) is 2.51. The number of carbonyl (C=O) groups excluding carboxylic acids is 1. The van der Waals surface area contributed by atoms with Gasteiger partial charge in [-0.3, -0.25) is 4.79 Å². The van der Waals surface area contributed by atoms with Gasteiger partial charge in [-0.05, 0) is 43.4 Å². The van der Waals surface area contributed by atoms with Gasteiger partial charge in [-0.15, -0.1) is 0 Å². The van der Waals surface area contributed by atoms with Crippen LogP contribution in [0.2, 0.25) is 0 Å². The molecule has 2 aliphatic rings. The third kappa shape index (κ3) is 3.81. The van der Waals surface area contributed by atoms with E-state index in [1.165, 1.54) is 18.4 Å². The first-order valence-electron chi connectivity index (χ1n) is 7.52. The number of nitrogens with one attached hydrogen (secondary N) is 2. The van der Waals surface area contributed by atoms with Crippen LogP contribution in [0.5, 0.6) is 0 Å². The van der Waals surface area contributed by atoms with Crippen LogP contribution >= 0.6 is 0 Å². The van der Waals surface area contributed by atoms with Gasteiger partial charge in [0.25, 0.3) is 0 Å². The average molecular weight is 274 g/mol. The molecule has 3 rings (SSSR count). The quantitative estimate of drug-likeness (QED) is 0.866. The zero-order valence-corrected chi connectivity index (χ0v) is 11.7. The van der Waals surface area contributed by atoms with E-state index in [4.69, 9.17) is 4.74 Å². The number of hydrogen-bond acceptors (Lipinski definition) is 3. The van der Waals surface area contributed by atoms with Crippen molar-refractivity contribution in [2.24, 2.45) is 5.92 Å². The van der Waals surface area contributed by atoms with Crippen molar-refractivity contribution >= 4 is 11.6 Å². The van der Waals surface area contributed by atoms with Gasteiger partial charge >= 0.3 is 0 Å². The minimum Gasteiger partial charge on any atom is -0.381 e. The lowest BCUT2D eigenvalue weighted by atomic mass is 9.99. The highest BCUT2D eigenvalue weighted by Crippen LogP contribution is 2.21. The van der Waals surface area contributed by atoms with Crippen molar-refractivity contribution < 1.29 is 9.53 Å². The van der Waals surface area contributed by atoms with E-state index in [-0.39, 0.29) is 11.8 Å². The third-order valence-electron chi connectivity index (χ3n) is 3.96. The summed E-state index contributed by atoms with van der Waals surface area (Å²) in [6.45, 7) is 2.28. The molecule has 1 saturated carbocycles. The highest BCUT2D eigenvalue weighted by molar-refractivity contribution is 5.92. The largest absolute Gasteiger partial charge is 0.381 e. The van der Waals surface area contributed by atoms with Gasteiger partial charge in [0.15, 0.2) is 0 Å². The summed E-state index contributed by atoms with van der Waals surface area (Å²) in [5, 5.41) is 6.52. The molecule has 0 unspecified atom stereocenters. The second-order valence-electron chi connectivity index (χ2n) is 5.73. The Balaban J connectivity index is 1.55. The van der Waals surface area contributed by atoms with Crippen LogP contribution < -0.4 is 10.6 Å². The molecule has 0 bridgehead atoms. The molecule has 0 spiro atoms. The average Bonchev–Trinajstić information content (AvgIpc) is 3.31. The van der Waals surface area contributed by atoms with Crippen LogP contribution in [-0.4, -0.2) is 25.2 Å². The Morgan fingerprint density at radius 2 is 2.00 bits per heavy atom. The van der Waals surface area contributed by atoms with E-state index >= 15 is 0 Å². The molecular weight excluding hydrogens is 252 g/mol. The molecule has 4 nitrogen and oxygen atoms in total. The van der Waals surface area contributed by atoms with E-state index < -0.39 is 0 Å². The number of rotatable bonds is 5. The summed E-state index contributed by atoms with van der Waals surface area (Å²) in [5.41, 5.74) is 2.12. The molecule has 20 heavy (non-hydrogen) atoms. The Bertz CT molecular complexity index is 465. The van der Waals surface area contributed by atoms with E-state index in [0.717, 1.165) is 25.1 Å². The molecule has 0 aromatic heterocycles. The van der Waals surface area contributed by atoms with Gasteiger partial charge in [-0.25, -0.2) is 0 Å². The van der Waals surface area contributed by atoms with E-state index in [0.29, 0.717) is 19.3 Å². The van der Waals surface area contributed by atoms with Crippen LogP contribution in [0.3, 0.4) is 0 Å². The lowest BCUT2D eigenvalue weighted by Crippen LogP contribution is -2.28. The van der Waals surface area contributed by atoms with Crippen molar-refractivity contribution in [3.8, 4) is 0 Å². The first-order valence-corrected chi connectivity index (χ1v) is 7.52. The van der Waals surface area contributed by atoms with Gasteiger partial charge in [0, 0.05) is 37.4 Å². The summed E-state index contributed by atoms with van der Waals surface area (Å²) in [6.07, 6.45) is 4.24. The molecule has 0 atom stereocenters. The monoisotopic (exact) mass is 274 g/mol. The first-order chi connectivity index (χ1) is 9.81. The minimum atomic E-state index is 0.0944. The molecule has 1 saturated heterocycles. The van der Waals surface area contributed by atoms with E-state index in [2.05, 4.69) is 22.8 Å². The minimum absolute atomic E-state index is 0.0944. The fourth-order valence-corrected chi connectivity index (χ4v) is 2.51. The van der Waals surface area contributed by atoms with E-state index in [1.54, 1.807) is 0 Å². The molecule has 1 aliphatic heterocycles. The highest BCUT2D eigenvalue weighted by Gasteiger charge is 2.22. The summed E-state index contributed by atoms with van der Waals surface area (Å²) in [5.74, 6) is 0.220. The predicted molar refractivity (Wildman–Crippen MR) is 78.5 cm³/mol. The molecular formula is C16H22N2O2. The number of anilines is 1. The van der Waals surface area contributed by atoms with E-state index in [1.807, 2.05) is 12.1 Å². The summed E-state index contributed by atoms with van der Waals surface area (Å²) in [6, 6.07) is 8.82. The number of hydrogen-bond donors (Lipinski definition) is 2. The Hall–Kier alpha value is -1.39. The molecule has 1 heterocycles. The Kier molecular flexibility index (Phi) is 4.33. The van der Waals surface area contributed by atoms with Crippen molar-refractivity contribution in [2.45, 2.75) is 38.3 Å². The number of carbonyl (C=O) groups is 1. The molecule has 0 radical (unpaired) electrons. The van der Waals surface area contributed by atoms with Crippen LogP contribution in [0.15, 0.2) is 24.3 Å². The second-order valence-corrected chi connectivity index (χ2v) is 5.73. The molecule has 108 valence electrons. The Morgan fingerprint density at radius 3 is 2.75 bits per heavy atom. The van der Waals surface area contributed by atoms with Gasteiger partial charge in [-0.1, -0.05) is 12.1 Å². The molecule has 1 aliphatic carbocycles. The zero-order chi connectivity index (χ0) is 13.8. The standard InChI is InChI=1S/C16H22N2O2/c19-16(13-6-8-20-9-7-13)18-15-3-1-2-12(10-15)11-17-14-4-5-14/h1-3,10,13-14,17H,4-9,11H2,(H,18,19). The van der Waals surface area contributed by atoms with Crippen molar-refractivity contribution in [2.75, 3.05) is 18.5 Å². The van der Waals surface area contributed by atoms with Crippen LogP contribution in [0.25, 0.3) is 0 Å². The maximum atomic E-state index is 12.2. The predicted octanol–water partition coefficient (Wildman–Crippen LogP) is 2.30. The molecule has 2 fully saturated rings. The number of benzene rings is 1. The maximum Gasteiger partial charge on any atom is 0.227 e. The maximum absolute atomic E-state index is 12.2. The molecule has 1 amide bonds. The molecule has 4 heteroatoms. The molecule has 1 aromatic carbocycles. The highest BCUT2D eigenvalue weighted by atomic mass is 16.5. The normalized spacial score (nSPS) is 19.8. The first kappa shape index (κ1) is 13.6. The van der Waals surface area contributed by atoms with Crippen molar-refractivity contribution in [3.05, 3.63) is 29.8 Å². The third-order valence-corrected chi connectivity index (χ3v) is 3.96. The van der Waals surface area contributed by atoms with Crippen LogP contribution in [-0.2, 0) is 16.1 Å². The number of ether oxygens (including phenoxy) is 1. The molecule has 2 N–H and O–H groups in total. The van der Waals surface area contributed by atoms with E-state index in [9.17, 15) is 4.79 Å². The van der Waals surface area contributed by atoms with Crippen LogP contribution in [0.4, 0.5) is 5.69 Å². The van der Waals surface area contributed by atoms with Gasteiger partial charge in [0.2, 0.25) is 5.91 Å². The van der Waals surface area contributed by atoms with Gasteiger partial charge in [0.05, 0.1) is 0 Å². The SMILES string of the molecule is O=C(Nc1cccc(CNC2CC2)c1)C1CCOCC1. The fraction of sp³-hybridized carbons (Fsp3) is 0.562. The van der Waals surface area contributed by atoms with Crippen molar-refractivity contribution in [1.29, 1.82) is 0 Å². The van der Waals surface area contributed by atoms with Gasteiger partial charge in [-0.2, -0.15) is 0 Å². The van der Waals surface area contributed by atoms with Crippen LogP contribution in [0, 0.1) is 5.92 Å². The zero-order valence-electron chi connectivity index (χ0n) is 11.7. The topological polar surface area (TPSA) is 50.4 Å². The summed E-state index contributed by atoms with van der Waals surface area (Å²) < 4.78 is 5.29. The van der Waals surface area contributed by atoms with Crippen molar-refractivity contribution in [3.63, 3.8) is 0 Å². The lowest BCUT2D eigenvalue weighted by molar-refractivity contribution is -0.122. The lowest BCUT2D eigenvalue weighted by Gasteiger charge is -2.21. The smallest absolute Gasteiger partial charge is 0.227 e.